The highest BCUT2D eigenvalue weighted by Gasteiger charge is 2.52. The Morgan fingerprint density at radius 3 is 2.02 bits per heavy atom. The predicted molar refractivity (Wildman–Crippen MR) is 238 cm³/mol. The first kappa shape index (κ1) is 31.1. The number of aromatic nitrogens is 2. The molecule has 7 aromatic carbocycles. The van der Waals surface area contributed by atoms with Gasteiger partial charge in [0.05, 0.1) is 27.2 Å². The monoisotopic (exact) mass is 757 g/mol. The summed E-state index contributed by atoms with van der Waals surface area (Å²) in [6.45, 7) is 0. The molecule has 5 heteroatoms. The van der Waals surface area contributed by atoms with E-state index in [1.807, 2.05) is 35.9 Å². The number of hydrogen-bond donors (Lipinski definition) is 0. The molecule has 58 heavy (non-hydrogen) atoms. The van der Waals surface area contributed by atoms with E-state index in [-0.39, 0.29) is 0 Å². The molecular formula is C53H31N3OS. The lowest BCUT2D eigenvalue weighted by molar-refractivity contribution is 0.669. The van der Waals surface area contributed by atoms with Crippen molar-refractivity contribution in [1.29, 1.82) is 0 Å². The molecule has 0 atom stereocenters. The fraction of sp³-hybridized carbons (Fsp3) is 0.0566. The number of para-hydroxylation sites is 2. The van der Waals surface area contributed by atoms with Gasteiger partial charge in [-0.25, -0.2) is 0 Å². The van der Waals surface area contributed by atoms with Crippen LogP contribution in [0.15, 0.2) is 168 Å². The molecule has 0 saturated heterocycles. The fourth-order valence-electron chi connectivity index (χ4n) is 11.0. The molecule has 4 aromatic heterocycles. The third-order valence-electron chi connectivity index (χ3n) is 13.2. The highest BCUT2D eigenvalue weighted by molar-refractivity contribution is 7.27. The zero-order valence-electron chi connectivity index (χ0n) is 31.2. The Morgan fingerprint density at radius 2 is 1.19 bits per heavy atom. The molecular weight excluding hydrogens is 727 g/mol. The summed E-state index contributed by atoms with van der Waals surface area (Å²) in [7, 11) is 0. The third kappa shape index (κ3) is 3.76. The minimum atomic E-state index is -0.555. The van der Waals surface area contributed by atoms with Crippen LogP contribution in [-0.2, 0) is 18.3 Å². The second-order valence-electron chi connectivity index (χ2n) is 15.9. The molecule has 0 aliphatic heterocycles. The van der Waals surface area contributed by atoms with Gasteiger partial charge in [0.15, 0.2) is 0 Å². The molecule has 1 spiro atoms. The normalized spacial score (nSPS) is 14.2. The molecule has 3 aliphatic rings. The van der Waals surface area contributed by atoms with Crippen molar-refractivity contribution in [3.8, 4) is 22.5 Å². The molecule has 0 radical (unpaired) electrons. The topological polar surface area (TPSA) is 42.2 Å². The average molecular weight is 758 g/mol. The van der Waals surface area contributed by atoms with E-state index in [1.165, 1.54) is 75.5 Å². The second kappa shape index (κ2) is 11.1. The van der Waals surface area contributed by atoms with E-state index in [0.29, 0.717) is 0 Å². The Kier molecular flexibility index (Phi) is 5.92. The van der Waals surface area contributed by atoms with Gasteiger partial charge in [-0.05, 0) is 111 Å². The van der Waals surface area contributed by atoms with Crippen LogP contribution in [-0.4, -0.2) is 9.97 Å². The largest absolute Gasteiger partial charge is 0.456 e. The van der Waals surface area contributed by atoms with Crippen molar-refractivity contribution < 1.29 is 4.42 Å². The maximum absolute atomic E-state index is 6.45. The van der Waals surface area contributed by atoms with Crippen molar-refractivity contribution in [2.75, 3.05) is 4.90 Å². The van der Waals surface area contributed by atoms with Crippen molar-refractivity contribution in [3.05, 3.63) is 197 Å². The Bertz CT molecular complexity index is 3540. The summed E-state index contributed by atoms with van der Waals surface area (Å²) in [4.78, 5) is 12.5. The number of fused-ring (bicyclic) bond motifs is 16. The van der Waals surface area contributed by atoms with Gasteiger partial charge < -0.3 is 9.32 Å². The first-order valence-corrected chi connectivity index (χ1v) is 20.8. The zero-order valence-corrected chi connectivity index (χ0v) is 32.0. The molecule has 14 rings (SSSR count). The van der Waals surface area contributed by atoms with E-state index < -0.39 is 5.41 Å². The van der Waals surface area contributed by atoms with Crippen molar-refractivity contribution >= 4 is 81.3 Å². The average Bonchev–Trinajstić information content (AvgIpc) is 4.05. The Balaban J connectivity index is 1.09. The number of benzene rings is 7. The van der Waals surface area contributed by atoms with Gasteiger partial charge in [0.2, 0.25) is 0 Å². The summed E-state index contributed by atoms with van der Waals surface area (Å²) in [6.07, 6.45) is 5.99. The molecule has 0 unspecified atom stereocenters. The van der Waals surface area contributed by atoms with Crippen LogP contribution in [0.5, 0.6) is 0 Å². The summed E-state index contributed by atoms with van der Waals surface area (Å²) >= 11 is 1.92. The summed E-state index contributed by atoms with van der Waals surface area (Å²) in [5.74, 6) is 0. The molecule has 11 aromatic rings. The molecule has 4 heterocycles. The van der Waals surface area contributed by atoms with Crippen molar-refractivity contribution in [2.24, 2.45) is 0 Å². The molecule has 0 bridgehead atoms. The van der Waals surface area contributed by atoms with E-state index in [4.69, 9.17) is 14.4 Å². The number of rotatable bonds is 3. The van der Waals surface area contributed by atoms with Crippen LogP contribution < -0.4 is 4.90 Å². The Hall–Kier alpha value is -7.08. The Morgan fingerprint density at radius 1 is 0.500 bits per heavy atom. The SMILES string of the molecule is c1ccc(N(c2ccc3c(c2)oc2ccccc23)c2cccc3c2sc2c4c(ccc23)C2(c3cccnc3-c3ncccc32)c2ccc3c5c(ccc-4c25)CC3)cc1. The minimum absolute atomic E-state index is 0.555. The quantitative estimate of drug-likeness (QED) is 0.180. The van der Waals surface area contributed by atoms with E-state index in [9.17, 15) is 0 Å². The maximum Gasteiger partial charge on any atom is 0.137 e. The highest BCUT2D eigenvalue weighted by atomic mass is 32.1. The van der Waals surface area contributed by atoms with Crippen LogP contribution in [0, 0.1) is 0 Å². The zero-order chi connectivity index (χ0) is 37.7. The van der Waals surface area contributed by atoms with Crippen molar-refractivity contribution in [1.82, 2.24) is 9.97 Å². The van der Waals surface area contributed by atoms with Gasteiger partial charge >= 0.3 is 0 Å². The lowest BCUT2D eigenvalue weighted by Gasteiger charge is -2.40. The summed E-state index contributed by atoms with van der Waals surface area (Å²) in [5, 5.41) is 7.62. The van der Waals surface area contributed by atoms with E-state index in [0.717, 1.165) is 63.2 Å². The van der Waals surface area contributed by atoms with Gasteiger partial charge in [0.1, 0.15) is 11.2 Å². The number of hydrogen-bond acceptors (Lipinski definition) is 5. The highest BCUT2D eigenvalue weighted by Crippen LogP contribution is 2.63. The summed E-state index contributed by atoms with van der Waals surface area (Å²) in [6, 6.07) is 55.8. The van der Waals surface area contributed by atoms with Crippen LogP contribution in [0.4, 0.5) is 17.1 Å². The third-order valence-corrected chi connectivity index (χ3v) is 14.5. The molecule has 0 amide bonds. The van der Waals surface area contributed by atoms with Crippen LogP contribution >= 0.6 is 11.3 Å². The molecule has 3 aliphatic carbocycles. The van der Waals surface area contributed by atoms with E-state index in [2.05, 4.69) is 144 Å². The van der Waals surface area contributed by atoms with Gasteiger partial charge in [-0.3, -0.25) is 9.97 Å². The molecule has 0 N–H and O–H groups in total. The summed E-state index contributed by atoms with van der Waals surface area (Å²) < 4.78 is 9.02. The lowest BCUT2D eigenvalue weighted by Crippen LogP contribution is -2.32. The van der Waals surface area contributed by atoms with Gasteiger partial charge in [0.25, 0.3) is 0 Å². The lowest BCUT2D eigenvalue weighted by atomic mass is 9.61. The molecule has 0 saturated carbocycles. The first-order valence-electron chi connectivity index (χ1n) is 20.0. The smallest absolute Gasteiger partial charge is 0.137 e. The fourth-order valence-corrected chi connectivity index (χ4v) is 12.3. The minimum Gasteiger partial charge on any atom is -0.456 e. The molecule has 4 nitrogen and oxygen atoms in total. The number of aryl methyl sites for hydroxylation is 2. The number of anilines is 3. The van der Waals surface area contributed by atoms with Crippen LogP contribution in [0.25, 0.3) is 75.4 Å². The standard InChI is InChI=1S/C53H31N3OS/c1-2-9-32(10-3-1)56(33-21-23-35-34-11-4-5-16-44(34)57-45(35)29-33)43-15-6-12-36-37-24-26-40-48(52(37)58-51(36)43)38-22-19-30-17-18-31-20-25-39(47(38)46(30)31)53(40)41-13-7-27-54-49(41)50-42(53)14-8-28-55-50/h1-16,19-29H,17-18H2. The van der Waals surface area contributed by atoms with Gasteiger partial charge in [-0.1, -0.05) is 97.1 Å². The molecule has 270 valence electrons. The van der Waals surface area contributed by atoms with Gasteiger partial charge in [0, 0.05) is 61.6 Å². The van der Waals surface area contributed by atoms with E-state index in [1.54, 1.807) is 0 Å². The number of thiophene rings is 1. The Labute approximate surface area is 337 Å². The number of pyridine rings is 2. The summed E-state index contributed by atoms with van der Waals surface area (Å²) in [5.41, 5.74) is 17.1. The van der Waals surface area contributed by atoms with Crippen LogP contribution in [0.1, 0.15) is 33.4 Å². The van der Waals surface area contributed by atoms with E-state index >= 15 is 0 Å². The van der Waals surface area contributed by atoms with Gasteiger partial charge in [-0.2, -0.15) is 0 Å². The first-order chi connectivity index (χ1) is 28.8. The van der Waals surface area contributed by atoms with Crippen molar-refractivity contribution in [3.63, 3.8) is 0 Å². The second-order valence-corrected chi connectivity index (χ2v) is 16.9. The van der Waals surface area contributed by atoms with Crippen LogP contribution in [0.2, 0.25) is 0 Å². The van der Waals surface area contributed by atoms with Crippen molar-refractivity contribution in [2.45, 2.75) is 18.3 Å². The number of furan rings is 1. The van der Waals surface area contributed by atoms with Gasteiger partial charge in [-0.15, -0.1) is 11.3 Å². The van der Waals surface area contributed by atoms with Crippen LogP contribution in [0.3, 0.4) is 0 Å². The number of nitrogens with zero attached hydrogens (tertiary/aromatic N) is 3. The molecule has 0 fully saturated rings. The predicted octanol–water partition coefficient (Wildman–Crippen LogP) is 13.8. The maximum atomic E-state index is 6.45.